The van der Waals surface area contributed by atoms with E-state index in [4.69, 9.17) is 9.72 Å². The van der Waals surface area contributed by atoms with Crippen LogP contribution in [0.3, 0.4) is 0 Å². The highest BCUT2D eigenvalue weighted by Crippen LogP contribution is 2.35. The van der Waals surface area contributed by atoms with Crippen molar-refractivity contribution in [1.29, 1.82) is 0 Å². The average molecular weight is 472 g/mol. The molecule has 1 amide bonds. The van der Waals surface area contributed by atoms with Gasteiger partial charge in [0.05, 0.1) is 29.0 Å². The zero-order valence-corrected chi connectivity index (χ0v) is 19.0. The topological polar surface area (TPSA) is 59.7 Å². The van der Waals surface area contributed by atoms with Crippen molar-refractivity contribution in [2.75, 3.05) is 6.54 Å². The highest BCUT2D eigenvalue weighted by molar-refractivity contribution is 5.94. The Balaban J connectivity index is 1.43. The number of hydrogen-bond donors (Lipinski definition) is 0. The minimum absolute atomic E-state index is 0.115. The van der Waals surface area contributed by atoms with Crippen LogP contribution in [0.25, 0.3) is 16.8 Å². The van der Waals surface area contributed by atoms with Gasteiger partial charge in [0.25, 0.3) is 5.91 Å². The fraction of sp³-hybridized carbons (Fsp3) is 0.222. The molecule has 4 aromatic rings. The third kappa shape index (κ3) is 4.33. The molecule has 1 atom stereocenters. The number of carbonyl (C=O) groups is 1. The molecule has 2 aromatic carbocycles. The molecular weight excluding hydrogens is 450 g/mol. The second-order valence-corrected chi connectivity index (χ2v) is 8.20. The van der Waals surface area contributed by atoms with Crippen molar-refractivity contribution < 1.29 is 18.3 Å². The van der Waals surface area contributed by atoms with Crippen molar-refractivity contribution in [3.8, 4) is 28.8 Å². The van der Waals surface area contributed by atoms with E-state index in [1.54, 1.807) is 36.4 Å². The number of carbonyl (C=O) groups excluding carboxylic acids is 1. The molecule has 0 aliphatic carbocycles. The van der Waals surface area contributed by atoms with Gasteiger partial charge in [0.1, 0.15) is 29.8 Å². The molecule has 2 aromatic heterocycles. The lowest BCUT2D eigenvalue weighted by Gasteiger charge is -2.21. The number of rotatable bonds is 5. The number of halogens is 2. The Labute approximate surface area is 201 Å². The quantitative estimate of drug-likeness (QED) is 0.386. The van der Waals surface area contributed by atoms with Crippen LogP contribution in [0.1, 0.15) is 37.2 Å². The maximum atomic E-state index is 13.9. The number of ether oxygens (including phenoxy) is 1. The molecule has 0 saturated carbocycles. The molecule has 5 rings (SSSR count). The van der Waals surface area contributed by atoms with Gasteiger partial charge in [-0.3, -0.25) is 14.2 Å². The van der Waals surface area contributed by atoms with Crippen molar-refractivity contribution in [2.45, 2.75) is 32.4 Å². The maximum absolute atomic E-state index is 13.9. The Hall–Kier alpha value is -4.25. The van der Waals surface area contributed by atoms with E-state index in [0.717, 1.165) is 35.4 Å². The molecule has 0 N–H and O–H groups in total. The van der Waals surface area contributed by atoms with Crippen LogP contribution in [0.2, 0.25) is 0 Å². The first kappa shape index (κ1) is 22.5. The van der Waals surface area contributed by atoms with E-state index in [2.05, 4.69) is 16.8 Å². The van der Waals surface area contributed by atoms with Gasteiger partial charge in [-0.2, -0.15) is 0 Å². The molecule has 0 bridgehead atoms. The standard InChI is InChI=1S/C27H22F2N4O2/c1-2-5-25(34)32-14-4-8-23(32)27-31-26(24-16-30-13-15-33(24)27)18-9-11-19(12-10-18)35-17-20-21(28)6-3-7-22(20)29/h3,6-7,9-13,15-16,23H,4,8,14,17H2,1H3. The van der Waals surface area contributed by atoms with E-state index in [9.17, 15) is 13.6 Å². The number of aromatic nitrogens is 3. The van der Waals surface area contributed by atoms with Gasteiger partial charge >= 0.3 is 0 Å². The van der Waals surface area contributed by atoms with E-state index in [-0.39, 0.29) is 24.1 Å². The van der Waals surface area contributed by atoms with Crippen LogP contribution >= 0.6 is 0 Å². The van der Waals surface area contributed by atoms with Crippen LogP contribution < -0.4 is 4.74 Å². The Bertz CT molecular complexity index is 1430. The minimum atomic E-state index is -0.643. The molecule has 176 valence electrons. The summed E-state index contributed by atoms with van der Waals surface area (Å²) in [5.74, 6) is 5.07. The summed E-state index contributed by atoms with van der Waals surface area (Å²) in [6.45, 7) is 2.07. The Morgan fingerprint density at radius 1 is 1.17 bits per heavy atom. The monoisotopic (exact) mass is 472 g/mol. The van der Waals surface area contributed by atoms with E-state index in [1.165, 1.54) is 18.2 Å². The summed E-state index contributed by atoms with van der Waals surface area (Å²) in [7, 11) is 0. The predicted octanol–water partition coefficient (Wildman–Crippen LogP) is 4.94. The molecule has 6 nitrogen and oxygen atoms in total. The van der Waals surface area contributed by atoms with Crippen molar-refractivity contribution in [1.82, 2.24) is 19.3 Å². The molecule has 8 heteroatoms. The molecule has 0 spiro atoms. The fourth-order valence-corrected chi connectivity index (χ4v) is 4.40. The second-order valence-electron chi connectivity index (χ2n) is 8.20. The van der Waals surface area contributed by atoms with Crippen molar-refractivity contribution in [2.24, 2.45) is 0 Å². The SMILES string of the molecule is CC#CC(=O)N1CCCC1c1nc(-c2ccc(OCc3c(F)cccc3F)cc2)c2cnccn12. The molecule has 1 saturated heterocycles. The Morgan fingerprint density at radius 2 is 1.94 bits per heavy atom. The summed E-state index contributed by atoms with van der Waals surface area (Å²) in [4.78, 5) is 23.5. The molecular formula is C27H22F2N4O2. The zero-order valence-electron chi connectivity index (χ0n) is 19.0. The first-order chi connectivity index (χ1) is 17.1. The van der Waals surface area contributed by atoms with Gasteiger partial charge in [0, 0.05) is 24.5 Å². The van der Waals surface area contributed by atoms with E-state index < -0.39 is 11.6 Å². The second kappa shape index (κ2) is 9.55. The van der Waals surface area contributed by atoms with Crippen LogP contribution in [0.4, 0.5) is 8.78 Å². The van der Waals surface area contributed by atoms with Gasteiger partial charge in [0.15, 0.2) is 0 Å². The van der Waals surface area contributed by atoms with Crippen LogP contribution in [0.15, 0.2) is 61.1 Å². The van der Waals surface area contributed by atoms with Gasteiger partial charge in [0.2, 0.25) is 0 Å². The first-order valence-electron chi connectivity index (χ1n) is 11.3. The highest BCUT2D eigenvalue weighted by atomic mass is 19.1. The van der Waals surface area contributed by atoms with Gasteiger partial charge in [-0.15, -0.1) is 0 Å². The molecule has 1 fully saturated rings. The van der Waals surface area contributed by atoms with E-state index in [1.807, 2.05) is 22.7 Å². The number of amides is 1. The zero-order chi connectivity index (χ0) is 24.4. The molecule has 35 heavy (non-hydrogen) atoms. The summed E-state index contributed by atoms with van der Waals surface area (Å²) in [5, 5.41) is 0. The van der Waals surface area contributed by atoms with Crippen LogP contribution in [0, 0.1) is 23.5 Å². The van der Waals surface area contributed by atoms with Crippen LogP contribution in [-0.2, 0) is 11.4 Å². The normalized spacial score (nSPS) is 15.2. The number of imidazole rings is 1. The largest absolute Gasteiger partial charge is 0.489 e. The summed E-state index contributed by atoms with van der Waals surface area (Å²) < 4.78 is 35.3. The molecule has 1 aliphatic rings. The number of benzene rings is 2. The van der Waals surface area contributed by atoms with Gasteiger partial charge in [-0.25, -0.2) is 13.8 Å². The summed E-state index contributed by atoms with van der Waals surface area (Å²) >= 11 is 0. The summed E-state index contributed by atoms with van der Waals surface area (Å²) in [5.41, 5.74) is 2.25. The molecule has 1 unspecified atom stereocenters. The Kier molecular flexibility index (Phi) is 6.15. The Morgan fingerprint density at radius 3 is 2.69 bits per heavy atom. The number of fused-ring (bicyclic) bond motifs is 1. The molecule has 0 radical (unpaired) electrons. The van der Waals surface area contributed by atoms with E-state index >= 15 is 0 Å². The summed E-state index contributed by atoms with van der Waals surface area (Å²) in [6.07, 6.45) is 6.95. The molecule has 1 aliphatic heterocycles. The molecule has 3 heterocycles. The number of likely N-dealkylation sites (tertiary alicyclic amines) is 1. The van der Waals surface area contributed by atoms with Crippen LogP contribution in [-0.4, -0.2) is 31.7 Å². The van der Waals surface area contributed by atoms with Crippen molar-refractivity contribution in [3.05, 3.63) is 84.1 Å². The third-order valence-corrected chi connectivity index (χ3v) is 6.09. The fourth-order valence-electron chi connectivity index (χ4n) is 4.40. The van der Waals surface area contributed by atoms with Gasteiger partial charge < -0.3 is 9.64 Å². The van der Waals surface area contributed by atoms with Crippen molar-refractivity contribution >= 4 is 11.4 Å². The van der Waals surface area contributed by atoms with Gasteiger partial charge in [-0.05, 0) is 62.1 Å². The van der Waals surface area contributed by atoms with Gasteiger partial charge in [-0.1, -0.05) is 12.0 Å². The first-order valence-corrected chi connectivity index (χ1v) is 11.3. The van der Waals surface area contributed by atoms with E-state index in [0.29, 0.717) is 12.3 Å². The minimum Gasteiger partial charge on any atom is -0.489 e. The summed E-state index contributed by atoms with van der Waals surface area (Å²) in [6, 6.07) is 10.7. The average Bonchev–Trinajstić information content (AvgIpc) is 3.49. The van der Waals surface area contributed by atoms with Crippen LogP contribution in [0.5, 0.6) is 5.75 Å². The smallest absolute Gasteiger partial charge is 0.299 e. The van der Waals surface area contributed by atoms with Crippen molar-refractivity contribution in [3.63, 3.8) is 0 Å². The maximum Gasteiger partial charge on any atom is 0.299 e. The lowest BCUT2D eigenvalue weighted by Crippen LogP contribution is -2.30. The number of nitrogens with zero attached hydrogens (tertiary/aromatic N) is 4. The number of hydrogen-bond acceptors (Lipinski definition) is 4. The lowest BCUT2D eigenvalue weighted by atomic mass is 10.1. The third-order valence-electron chi connectivity index (χ3n) is 6.09. The highest BCUT2D eigenvalue weighted by Gasteiger charge is 2.33. The lowest BCUT2D eigenvalue weighted by molar-refractivity contribution is -0.126. The predicted molar refractivity (Wildman–Crippen MR) is 126 cm³/mol.